The van der Waals surface area contributed by atoms with E-state index in [4.69, 9.17) is 0 Å². The van der Waals surface area contributed by atoms with Crippen LogP contribution in [0.15, 0.2) is 24.3 Å². The average molecular weight is 195 g/mol. The Labute approximate surface area is 80.1 Å². The van der Waals surface area contributed by atoms with Gasteiger partial charge in [0.15, 0.2) is 0 Å². The molecular formula is C9H9NO4. The highest BCUT2D eigenvalue weighted by Gasteiger charge is 2.09. The van der Waals surface area contributed by atoms with Crippen LogP contribution in [0.5, 0.6) is 0 Å². The first-order valence-corrected chi connectivity index (χ1v) is 4.01. The van der Waals surface area contributed by atoms with Crippen molar-refractivity contribution in [3.8, 4) is 0 Å². The van der Waals surface area contributed by atoms with Gasteiger partial charge in [0.05, 0.1) is 11.0 Å². The number of nitro groups is 1. The highest BCUT2D eigenvalue weighted by Crippen LogP contribution is 2.18. The molecule has 0 aliphatic carbocycles. The van der Waals surface area contributed by atoms with Gasteiger partial charge >= 0.3 is 0 Å². The first kappa shape index (κ1) is 10.3. The zero-order chi connectivity index (χ0) is 10.6. The predicted octanol–water partition coefficient (Wildman–Crippen LogP) is 1.22. The minimum absolute atomic E-state index is 0.00217. The van der Waals surface area contributed by atoms with Crippen molar-refractivity contribution in [1.82, 2.24) is 0 Å². The fourth-order valence-corrected chi connectivity index (χ4v) is 1.05. The van der Waals surface area contributed by atoms with E-state index >= 15 is 0 Å². The summed E-state index contributed by atoms with van der Waals surface area (Å²) < 4.78 is 0. The van der Waals surface area contributed by atoms with Gasteiger partial charge in [0.25, 0.3) is 5.69 Å². The molecule has 0 heterocycles. The van der Waals surface area contributed by atoms with Gasteiger partial charge in [-0.3, -0.25) is 10.1 Å². The van der Waals surface area contributed by atoms with E-state index in [0.717, 1.165) is 0 Å². The molecule has 5 heteroatoms. The second-order valence-electron chi connectivity index (χ2n) is 2.77. The predicted molar refractivity (Wildman–Crippen MR) is 48.7 cm³/mol. The van der Waals surface area contributed by atoms with Crippen LogP contribution < -0.4 is 0 Å². The molecule has 0 fully saturated rings. The van der Waals surface area contributed by atoms with Crippen LogP contribution in [0, 0.1) is 10.1 Å². The van der Waals surface area contributed by atoms with Gasteiger partial charge in [0.1, 0.15) is 6.29 Å². The van der Waals surface area contributed by atoms with Crippen molar-refractivity contribution in [2.75, 3.05) is 0 Å². The minimum Gasteiger partial charge on any atom is -0.388 e. The molecule has 0 saturated heterocycles. The zero-order valence-electron chi connectivity index (χ0n) is 7.29. The van der Waals surface area contributed by atoms with Crippen molar-refractivity contribution in [2.45, 2.75) is 12.5 Å². The van der Waals surface area contributed by atoms with Gasteiger partial charge in [-0.05, 0) is 17.7 Å². The molecule has 0 unspecified atom stereocenters. The number of aliphatic hydroxyl groups excluding tert-OH is 1. The van der Waals surface area contributed by atoms with Crippen LogP contribution in [-0.2, 0) is 4.79 Å². The summed E-state index contributed by atoms with van der Waals surface area (Å²) in [7, 11) is 0. The number of carbonyl (C=O) groups excluding carboxylic acids is 1. The van der Waals surface area contributed by atoms with Gasteiger partial charge in [-0.2, -0.15) is 0 Å². The molecule has 0 amide bonds. The summed E-state index contributed by atoms with van der Waals surface area (Å²) in [6, 6.07) is 5.46. The summed E-state index contributed by atoms with van der Waals surface area (Å²) in [6.07, 6.45) is -0.280. The Morgan fingerprint density at radius 2 is 2.00 bits per heavy atom. The Morgan fingerprint density at radius 1 is 1.43 bits per heavy atom. The highest BCUT2D eigenvalue weighted by molar-refractivity contribution is 5.51. The molecule has 0 radical (unpaired) electrons. The Balaban J connectivity index is 2.82. The second-order valence-corrected chi connectivity index (χ2v) is 2.77. The second kappa shape index (κ2) is 4.48. The molecule has 1 aromatic carbocycles. The maximum atomic E-state index is 10.3. The number of rotatable bonds is 4. The van der Waals surface area contributed by atoms with Crippen molar-refractivity contribution in [2.24, 2.45) is 0 Å². The zero-order valence-corrected chi connectivity index (χ0v) is 7.29. The molecule has 74 valence electrons. The molecule has 14 heavy (non-hydrogen) atoms. The number of hydrogen-bond donors (Lipinski definition) is 1. The van der Waals surface area contributed by atoms with E-state index < -0.39 is 11.0 Å². The smallest absolute Gasteiger partial charge is 0.269 e. The van der Waals surface area contributed by atoms with Gasteiger partial charge in [0, 0.05) is 18.6 Å². The summed E-state index contributed by atoms with van der Waals surface area (Å²) in [5, 5.41) is 19.6. The molecule has 0 aliphatic rings. The van der Waals surface area contributed by atoms with E-state index in [2.05, 4.69) is 0 Å². The summed E-state index contributed by atoms with van der Waals surface area (Å²) in [4.78, 5) is 19.9. The van der Waals surface area contributed by atoms with Crippen LogP contribution >= 0.6 is 0 Å². The first-order valence-electron chi connectivity index (χ1n) is 4.01. The van der Waals surface area contributed by atoms with Crippen LogP contribution in [0.25, 0.3) is 0 Å². The van der Waals surface area contributed by atoms with E-state index in [9.17, 15) is 20.0 Å². The van der Waals surface area contributed by atoms with E-state index in [0.29, 0.717) is 11.8 Å². The molecule has 1 N–H and O–H groups in total. The molecule has 0 spiro atoms. The van der Waals surface area contributed by atoms with Gasteiger partial charge in [0.2, 0.25) is 0 Å². The average Bonchev–Trinajstić information content (AvgIpc) is 2.18. The van der Waals surface area contributed by atoms with Crippen LogP contribution in [-0.4, -0.2) is 16.3 Å². The van der Waals surface area contributed by atoms with Crippen molar-refractivity contribution in [1.29, 1.82) is 0 Å². The van der Waals surface area contributed by atoms with Crippen molar-refractivity contribution in [3.63, 3.8) is 0 Å². The lowest BCUT2D eigenvalue weighted by Crippen LogP contribution is -1.98. The summed E-state index contributed by atoms with van der Waals surface area (Å²) in [5.74, 6) is 0. The molecular weight excluding hydrogens is 186 g/mol. The van der Waals surface area contributed by atoms with E-state index in [1.165, 1.54) is 24.3 Å². The molecule has 0 aliphatic heterocycles. The van der Waals surface area contributed by atoms with Crippen molar-refractivity contribution < 1.29 is 14.8 Å². The van der Waals surface area contributed by atoms with Gasteiger partial charge in [-0.25, -0.2) is 0 Å². The largest absolute Gasteiger partial charge is 0.388 e. The van der Waals surface area contributed by atoms with Crippen LogP contribution in [0.1, 0.15) is 18.1 Å². The van der Waals surface area contributed by atoms with Gasteiger partial charge in [-0.1, -0.05) is 0 Å². The summed E-state index contributed by atoms with van der Waals surface area (Å²) in [5.41, 5.74) is 0.467. The lowest BCUT2D eigenvalue weighted by molar-refractivity contribution is -0.384. The maximum Gasteiger partial charge on any atom is 0.269 e. The standard InChI is InChI=1S/C9H9NO4/c11-6-5-9(12)7-1-3-8(4-2-7)10(13)14/h1-4,6,9,12H,5H2/t9-/m1/s1. The van der Waals surface area contributed by atoms with Crippen molar-refractivity contribution >= 4 is 12.0 Å². The highest BCUT2D eigenvalue weighted by atomic mass is 16.6. The number of non-ortho nitro benzene ring substituents is 1. The number of aliphatic hydroxyl groups is 1. The van der Waals surface area contributed by atoms with Crippen LogP contribution in [0.2, 0.25) is 0 Å². The summed E-state index contributed by atoms with van der Waals surface area (Å²) in [6.45, 7) is 0. The lowest BCUT2D eigenvalue weighted by Gasteiger charge is -2.05. The van der Waals surface area contributed by atoms with Gasteiger partial charge in [-0.15, -0.1) is 0 Å². The number of hydrogen-bond acceptors (Lipinski definition) is 4. The Bertz CT molecular complexity index is 333. The van der Waals surface area contributed by atoms with E-state index in [1.54, 1.807) is 0 Å². The molecule has 1 aromatic rings. The topological polar surface area (TPSA) is 80.4 Å². The fraction of sp³-hybridized carbons (Fsp3) is 0.222. The minimum atomic E-state index is -0.881. The normalized spacial score (nSPS) is 12.1. The van der Waals surface area contributed by atoms with Crippen LogP contribution in [0.4, 0.5) is 5.69 Å². The third kappa shape index (κ3) is 2.37. The van der Waals surface area contributed by atoms with Gasteiger partial charge < -0.3 is 9.90 Å². The Morgan fingerprint density at radius 3 is 2.43 bits per heavy atom. The van der Waals surface area contributed by atoms with Crippen molar-refractivity contribution in [3.05, 3.63) is 39.9 Å². The maximum absolute atomic E-state index is 10.3. The van der Waals surface area contributed by atoms with E-state index in [1.807, 2.05) is 0 Å². The third-order valence-electron chi connectivity index (χ3n) is 1.81. The molecule has 5 nitrogen and oxygen atoms in total. The SMILES string of the molecule is O=CC[C@@H](O)c1ccc([N+](=O)[O-])cc1. The fourth-order valence-electron chi connectivity index (χ4n) is 1.05. The lowest BCUT2D eigenvalue weighted by atomic mass is 10.1. The molecule has 0 aromatic heterocycles. The first-order chi connectivity index (χ1) is 6.65. The molecule has 0 bridgehead atoms. The molecule has 1 rings (SSSR count). The number of carbonyl (C=O) groups is 1. The Hall–Kier alpha value is -1.75. The number of aldehydes is 1. The molecule has 1 atom stereocenters. The number of nitro benzene ring substituents is 1. The van der Waals surface area contributed by atoms with E-state index in [-0.39, 0.29) is 12.1 Å². The Kier molecular flexibility index (Phi) is 3.30. The monoisotopic (exact) mass is 195 g/mol. The third-order valence-corrected chi connectivity index (χ3v) is 1.81. The quantitative estimate of drug-likeness (QED) is 0.445. The number of benzene rings is 1. The van der Waals surface area contributed by atoms with Crippen LogP contribution in [0.3, 0.4) is 0 Å². The number of nitrogens with zero attached hydrogens (tertiary/aromatic N) is 1. The summed E-state index contributed by atoms with van der Waals surface area (Å²) >= 11 is 0. The molecule has 0 saturated carbocycles.